The highest BCUT2D eigenvalue weighted by Gasteiger charge is 2.44. The van der Waals surface area contributed by atoms with Gasteiger partial charge in [0.1, 0.15) is 17.7 Å². The molecule has 0 radical (unpaired) electrons. The first kappa shape index (κ1) is 27.0. The van der Waals surface area contributed by atoms with E-state index in [9.17, 15) is 19.5 Å². The van der Waals surface area contributed by atoms with Crippen molar-refractivity contribution in [2.45, 2.75) is 109 Å². The topological polar surface area (TPSA) is 108 Å². The minimum absolute atomic E-state index is 0.0912. The molecule has 3 N–H and O–H groups in total. The lowest BCUT2D eigenvalue weighted by Gasteiger charge is -2.36. The number of ether oxygens (including phenoxy) is 1. The smallest absolute Gasteiger partial charge is 0.408 e. The van der Waals surface area contributed by atoms with E-state index in [0.717, 1.165) is 55.2 Å². The van der Waals surface area contributed by atoms with Crippen LogP contribution in [0.1, 0.15) is 88.4 Å². The van der Waals surface area contributed by atoms with Crippen molar-refractivity contribution in [3.05, 3.63) is 34.9 Å². The molecule has 0 saturated heterocycles. The van der Waals surface area contributed by atoms with Gasteiger partial charge < -0.3 is 25.4 Å². The largest absolute Gasteiger partial charge is 0.444 e. The maximum absolute atomic E-state index is 13.8. The molecule has 3 rings (SSSR count). The van der Waals surface area contributed by atoms with Crippen LogP contribution in [0.4, 0.5) is 4.79 Å². The molecule has 0 bridgehead atoms. The minimum atomic E-state index is -1.21. The Morgan fingerprint density at radius 3 is 2.31 bits per heavy atom. The number of hydrogen-bond acceptors (Lipinski definition) is 5. The SMILES string of the molecule is Cc1cccc(C(C(=O)NC2CCCCC2)N(C(=O)C(CO)NC(=O)OC(C)(C)C)C2CC2)c1C. The van der Waals surface area contributed by atoms with Gasteiger partial charge in [0.15, 0.2) is 0 Å². The van der Waals surface area contributed by atoms with Gasteiger partial charge in [0, 0.05) is 12.1 Å². The molecule has 0 aliphatic heterocycles. The molecule has 2 aliphatic rings. The van der Waals surface area contributed by atoms with E-state index in [1.165, 1.54) is 6.42 Å². The number of aryl methyl sites for hydroxylation is 1. The van der Waals surface area contributed by atoms with Gasteiger partial charge in [-0.3, -0.25) is 9.59 Å². The molecular weight excluding hydrogens is 446 g/mol. The summed E-state index contributed by atoms with van der Waals surface area (Å²) >= 11 is 0. The summed E-state index contributed by atoms with van der Waals surface area (Å²) < 4.78 is 5.29. The summed E-state index contributed by atoms with van der Waals surface area (Å²) in [4.78, 5) is 41.5. The van der Waals surface area contributed by atoms with Gasteiger partial charge in [0.25, 0.3) is 0 Å². The Morgan fingerprint density at radius 2 is 1.74 bits per heavy atom. The molecule has 8 nitrogen and oxygen atoms in total. The van der Waals surface area contributed by atoms with Crippen molar-refractivity contribution in [2.75, 3.05) is 6.61 Å². The summed E-state index contributed by atoms with van der Waals surface area (Å²) in [6, 6.07) is 3.69. The number of nitrogens with zero attached hydrogens (tertiary/aromatic N) is 1. The van der Waals surface area contributed by atoms with Crippen LogP contribution in [0.3, 0.4) is 0 Å². The van der Waals surface area contributed by atoms with Crippen molar-refractivity contribution >= 4 is 17.9 Å². The van der Waals surface area contributed by atoms with E-state index in [1.807, 2.05) is 32.0 Å². The predicted octanol–water partition coefficient (Wildman–Crippen LogP) is 3.67. The Morgan fingerprint density at radius 1 is 1.09 bits per heavy atom. The van der Waals surface area contributed by atoms with Gasteiger partial charge in [-0.15, -0.1) is 0 Å². The second-order valence-corrected chi connectivity index (χ2v) is 10.9. The third kappa shape index (κ3) is 7.19. The molecule has 1 aromatic carbocycles. The van der Waals surface area contributed by atoms with Crippen LogP contribution in [-0.2, 0) is 14.3 Å². The fourth-order valence-corrected chi connectivity index (χ4v) is 4.70. The lowest BCUT2D eigenvalue weighted by atomic mass is 9.92. The third-order valence-corrected chi connectivity index (χ3v) is 6.79. The molecule has 2 saturated carbocycles. The fraction of sp³-hybridized carbons (Fsp3) is 0.667. The van der Waals surface area contributed by atoms with Crippen LogP contribution in [-0.4, -0.2) is 58.2 Å². The number of nitrogens with one attached hydrogen (secondary N) is 2. The average Bonchev–Trinajstić information content (AvgIpc) is 3.62. The van der Waals surface area contributed by atoms with Crippen molar-refractivity contribution < 1.29 is 24.2 Å². The summed E-state index contributed by atoms with van der Waals surface area (Å²) in [6.07, 6.45) is 5.96. The Hall–Kier alpha value is -2.61. The number of carbonyl (C=O) groups is 3. The highest BCUT2D eigenvalue weighted by Crippen LogP contribution is 2.37. The maximum atomic E-state index is 13.8. The fourth-order valence-electron chi connectivity index (χ4n) is 4.70. The van der Waals surface area contributed by atoms with Crippen LogP contribution >= 0.6 is 0 Å². The Bertz CT molecular complexity index is 916. The Labute approximate surface area is 208 Å². The van der Waals surface area contributed by atoms with Gasteiger partial charge in [0.05, 0.1) is 6.61 Å². The van der Waals surface area contributed by atoms with Crippen molar-refractivity contribution in [1.82, 2.24) is 15.5 Å². The van der Waals surface area contributed by atoms with Crippen LogP contribution in [0, 0.1) is 13.8 Å². The molecule has 3 amide bonds. The predicted molar refractivity (Wildman–Crippen MR) is 134 cm³/mol. The minimum Gasteiger partial charge on any atom is -0.444 e. The van der Waals surface area contributed by atoms with E-state index in [2.05, 4.69) is 10.6 Å². The van der Waals surface area contributed by atoms with Crippen molar-refractivity contribution in [3.63, 3.8) is 0 Å². The number of aliphatic hydroxyl groups is 1. The summed E-state index contributed by atoms with van der Waals surface area (Å²) in [6.45, 7) is 8.54. The number of aliphatic hydroxyl groups excluding tert-OH is 1. The standard InChI is InChI=1S/C27H41N3O5/c1-17-10-9-13-21(18(17)2)23(24(32)28-19-11-7-6-8-12-19)30(20-14-15-20)25(33)22(16-31)29-26(34)35-27(3,4)5/h9-10,13,19-20,22-23,31H,6-8,11-12,14-16H2,1-5H3,(H,28,32)(H,29,34). The lowest BCUT2D eigenvalue weighted by Crippen LogP contribution is -2.55. The monoisotopic (exact) mass is 487 g/mol. The third-order valence-electron chi connectivity index (χ3n) is 6.79. The number of alkyl carbamates (subject to hydrolysis) is 1. The first-order chi connectivity index (χ1) is 16.5. The first-order valence-corrected chi connectivity index (χ1v) is 12.8. The average molecular weight is 488 g/mol. The maximum Gasteiger partial charge on any atom is 0.408 e. The molecule has 8 heteroatoms. The zero-order chi connectivity index (χ0) is 25.8. The van der Waals surface area contributed by atoms with Crippen molar-refractivity contribution in [1.29, 1.82) is 0 Å². The highest BCUT2D eigenvalue weighted by molar-refractivity contribution is 5.93. The number of hydrogen-bond donors (Lipinski definition) is 3. The molecule has 0 spiro atoms. The number of amides is 3. The molecule has 0 heterocycles. The van der Waals surface area contributed by atoms with Crippen LogP contribution in [0.5, 0.6) is 0 Å². The van der Waals surface area contributed by atoms with E-state index >= 15 is 0 Å². The van der Waals surface area contributed by atoms with Crippen LogP contribution in [0.25, 0.3) is 0 Å². The molecule has 35 heavy (non-hydrogen) atoms. The van der Waals surface area contributed by atoms with Gasteiger partial charge in [0.2, 0.25) is 11.8 Å². The van der Waals surface area contributed by atoms with E-state index in [-0.39, 0.29) is 18.0 Å². The van der Waals surface area contributed by atoms with E-state index in [4.69, 9.17) is 4.74 Å². The molecule has 2 unspecified atom stereocenters. The summed E-state index contributed by atoms with van der Waals surface area (Å²) in [5, 5.41) is 15.7. The van der Waals surface area contributed by atoms with Gasteiger partial charge >= 0.3 is 6.09 Å². The van der Waals surface area contributed by atoms with Gasteiger partial charge in [-0.25, -0.2) is 4.79 Å². The van der Waals surface area contributed by atoms with Gasteiger partial charge in [-0.2, -0.15) is 0 Å². The van der Waals surface area contributed by atoms with E-state index in [0.29, 0.717) is 0 Å². The van der Waals surface area contributed by atoms with E-state index < -0.39 is 36.3 Å². The highest BCUT2D eigenvalue weighted by atomic mass is 16.6. The summed E-state index contributed by atoms with van der Waals surface area (Å²) in [7, 11) is 0. The van der Waals surface area contributed by atoms with Crippen LogP contribution in [0.15, 0.2) is 18.2 Å². The Kier molecular flexibility index (Phi) is 8.80. The second-order valence-electron chi connectivity index (χ2n) is 10.9. The zero-order valence-corrected chi connectivity index (χ0v) is 21.7. The first-order valence-electron chi connectivity index (χ1n) is 12.8. The molecular formula is C27H41N3O5. The Balaban J connectivity index is 1.93. The van der Waals surface area contributed by atoms with Gasteiger partial charge in [-0.1, -0.05) is 37.5 Å². The number of benzene rings is 1. The quantitative estimate of drug-likeness (QED) is 0.519. The number of rotatable bonds is 8. The van der Waals surface area contributed by atoms with Crippen molar-refractivity contribution in [3.8, 4) is 0 Å². The lowest BCUT2D eigenvalue weighted by molar-refractivity contribution is -0.144. The molecule has 0 aromatic heterocycles. The molecule has 2 aliphatic carbocycles. The zero-order valence-electron chi connectivity index (χ0n) is 21.7. The molecule has 2 atom stereocenters. The van der Waals surface area contributed by atoms with Gasteiger partial charge in [-0.05, 0) is 77.0 Å². The van der Waals surface area contributed by atoms with Crippen LogP contribution < -0.4 is 10.6 Å². The van der Waals surface area contributed by atoms with E-state index in [1.54, 1.807) is 25.7 Å². The molecule has 2 fully saturated rings. The summed E-state index contributed by atoms with van der Waals surface area (Å²) in [5.74, 6) is -0.689. The summed E-state index contributed by atoms with van der Waals surface area (Å²) in [5.41, 5.74) is 2.01. The second kappa shape index (κ2) is 11.4. The van der Waals surface area contributed by atoms with Crippen molar-refractivity contribution in [2.24, 2.45) is 0 Å². The van der Waals surface area contributed by atoms with Crippen LogP contribution in [0.2, 0.25) is 0 Å². The molecule has 1 aromatic rings. The molecule has 194 valence electrons. The number of carbonyl (C=O) groups excluding carboxylic acids is 3. The normalized spacial score (nSPS) is 18.3.